The average Bonchev–Trinajstić information content (AvgIpc) is 2.91. The highest BCUT2D eigenvalue weighted by Crippen LogP contribution is 2.24. The second kappa shape index (κ2) is 8.17. The standard InChI is InChI=1S/C14H29NO4/c1-3-11(16)13(18)7-14(19)12(17)6-9(2)10-4-5-15-8-10/h9-19H,3-8H2,1-2H3/t9-,10+,11?,12+,13-,14-/m0/s1. The third-order valence-electron chi connectivity index (χ3n) is 4.31. The molecule has 1 rings (SSSR count). The van der Waals surface area contributed by atoms with Gasteiger partial charge in [-0.1, -0.05) is 13.8 Å². The van der Waals surface area contributed by atoms with Crippen LogP contribution in [0, 0.1) is 11.8 Å². The van der Waals surface area contributed by atoms with Gasteiger partial charge in [0, 0.05) is 6.42 Å². The Balaban J connectivity index is 2.32. The van der Waals surface area contributed by atoms with Gasteiger partial charge in [-0.05, 0) is 44.2 Å². The molecule has 1 aliphatic rings. The summed E-state index contributed by atoms with van der Waals surface area (Å²) in [7, 11) is 0. The molecule has 0 radical (unpaired) electrons. The minimum absolute atomic E-state index is 0.0197. The molecule has 1 fully saturated rings. The van der Waals surface area contributed by atoms with Crippen molar-refractivity contribution in [1.82, 2.24) is 5.32 Å². The van der Waals surface area contributed by atoms with E-state index in [2.05, 4.69) is 12.2 Å². The fourth-order valence-corrected chi connectivity index (χ4v) is 2.73. The predicted octanol–water partition coefficient (Wildman–Crippen LogP) is -0.134. The van der Waals surface area contributed by atoms with Gasteiger partial charge in [0.15, 0.2) is 0 Å². The highest BCUT2D eigenvalue weighted by Gasteiger charge is 2.28. The van der Waals surface area contributed by atoms with E-state index in [1.165, 1.54) is 0 Å². The smallest absolute Gasteiger partial charge is 0.0824 e. The van der Waals surface area contributed by atoms with Crippen LogP contribution < -0.4 is 5.32 Å². The van der Waals surface area contributed by atoms with E-state index in [1.54, 1.807) is 6.92 Å². The van der Waals surface area contributed by atoms with E-state index < -0.39 is 24.4 Å². The Bertz CT molecular complexity index is 246. The Kier molecular flexibility index (Phi) is 7.25. The molecule has 0 aromatic heterocycles. The zero-order valence-electron chi connectivity index (χ0n) is 12.0. The topological polar surface area (TPSA) is 93.0 Å². The molecule has 6 atom stereocenters. The maximum absolute atomic E-state index is 9.99. The molecule has 5 nitrogen and oxygen atoms in total. The van der Waals surface area contributed by atoms with Gasteiger partial charge in [-0.15, -0.1) is 0 Å². The lowest BCUT2D eigenvalue weighted by Gasteiger charge is -2.26. The number of aliphatic hydroxyl groups excluding tert-OH is 4. The first kappa shape index (κ1) is 16.9. The lowest BCUT2D eigenvalue weighted by atomic mass is 9.86. The van der Waals surface area contributed by atoms with Gasteiger partial charge in [-0.25, -0.2) is 0 Å². The van der Waals surface area contributed by atoms with E-state index in [0.29, 0.717) is 24.7 Å². The van der Waals surface area contributed by atoms with Crippen LogP contribution in [0.4, 0.5) is 0 Å². The Morgan fingerprint density at radius 1 is 1.00 bits per heavy atom. The highest BCUT2D eigenvalue weighted by molar-refractivity contribution is 4.81. The van der Waals surface area contributed by atoms with Crippen LogP contribution in [-0.4, -0.2) is 57.9 Å². The largest absolute Gasteiger partial charge is 0.390 e. The fourth-order valence-electron chi connectivity index (χ4n) is 2.73. The summed E-state index contributed by atoms with van der Waals surface area (Å²) in [6.07, 6.45) is -1.53. The van der Waals surface area contributed by atoms with Gasteiger partial charge in [0.2, 0.25) is 0 Å². The zero-order valence-corrected chi connectivity index (χ0v) is 12.0. The summed E-state index contributed by atoms with van der Waals surface area (Å²) in [5.41, 5.74) is 0. The van der Waals surface area contributed by atoms with Gasteiger partial charge in [-0.3, -0.25) is 0 Å². The van der Waals surface area contributed by atoms with Crippen LogP contribution in [0.25, 0.3) is 0 Å². The minimum atomic E-state index is -0.979. The summed E-state index contributed by atoms with van der Waals surface area (Å²) >= 11 is 0. The van der Waals surface area contributed by atoms with Crippen LogP contribution in [0.2, 0.25) is 0 Å². The van der Waals surface area contributed by atoms with Gasteiger partial charge in [0.1, 0.15) is 0 Å². The summed E-state index contributed by atoms with van der Waals surface area (Å²) in [5, 5.41) is 42.3. The molecular weight excluding hydrogens is 246 g/mol. The number of hydrogen-bond donors (Lipinski definition) is 5. The van der Waals surface area contributed by atoms with Crippen molar-refractivity contribution >= 4 is 0 Å². The van der Waals surface area contributed by atoms with E-state index in [0.717, 1.165) is 19.5 Å². The molecule has 1 heterocycles. The summed E-state index contributed by atoms with van der Waals surface area (Å²) in [4.78, 5) is 0. The van der Waals surface area contributed by atoms with Crippen LogP contribution in [-0.2, 0) is 0 Å². The van der Waals surface area contributed by atoms with E-state index in [9.17, 15) is 20.4 Å². The third kappa shape index (κ3) is 5.36. The molecule has 0 aromatic carbocycles. The monoisotopic (exact) mass is 275 g/mol. The minimum Gasteiger partial charge on any atom is -0.390 e. The van der Waals surface area contributed by atoms with E-state index in [-0.39, 0.29) is 6.42 Å². The van der Waals surface area contributed by atoms with Crippen molar-refractivity contribution in [1.29, 1.82) is 0 Å². The van der Waals surface area contributed by atoms with Crippen molar-refractivity contribution in [3.05, 3.63) is 0 Å². The molecule has 0 spiro atoms. The SMILES string of the molecule is CCC(O)[C@@H](O)C[C@H](O)[C@H](O)C[C@H](C)[C@@H]1CCNC1. The van der Waals surface area contributed by atoms with Crippen molar-refractivity contribution in [2.45, 2.75) is 63.9 Å². The third-order valence-corrected chi connectivity index (χ3v) is 4.31. The molecule has 0 aliphatic carbocycles. The number of aliphatic hydroxyl groups is 4. The number of rotatable bonds is 8. The van der Waals surface area contributed by atoms with Crippen LogP contribution >= 0.6 is 0 Å². The van der Waals surface area contributed by atoms with E-state index in [1.807, 2.05) is 0 Å². The van der Waals surface area contributed by atoms with Crippen LogP contribution in [0.1, 0.15) is 39.5 Å². The highest BCUT2D eigenvalue weighted by atomic mass is 16.3. The normalized spacial score (nSPS) is 27.8. The van der Waals surface area contributed by atoms with Gasteiger partial charge in [0.05, 0.1) is 24.4 Å². The first-order valence-electron chi connectivity index (χ1n) is 7.38. The Morgan fingerprint density at radius 3 is 2.11 bits per heavy atom. The van der Waals surface area contributed by atoms with Gasteiger partial charge in [0.25, 0.3) is 0 Å². The average molecular weight is 275 g/mol. The quantitative estimate of drug-likeness (QED) is 0.425. The summed E-state index contributed by atoms with van der Waals surface area (Å²) < 4.78 is 0. The fraction of sp³-hybridized carbons (Fsp3) is 1.00. The maximum atomic E-state index is 9.99. The maximum Gasteiger partial charge on any atom is 0.0824 e. The van der Waals surface area contributed by atoms with Crippen LogP contribution in [0.3, 0.4) is 0 Å². The number of nitrogens with one attached hydrogen (secondary N) is 1. The molecule has 5 heteroatoms. The molecule has 0 aromatic rings. The van der Waals surface area contributed by atoms with Crippen molar-refractivity contribution < 1.29 is 20.4 Å². The molecule has 1 saturated heterocycles. The van der Waals surface area contributed by atoms with Gasteiger partial charge >= 0.3 is 0 Å². The molecular formula is C14H29NO4. The van der Waals surface area contributed by atoms with E-state index >= 15 is 0 Å². The molecule has 19 heavy (non-hydrogen) atoms. The van der Waals surface area contributed by atoms with Crippen molar-refractivity contribution in [3.63, 3.8) is 0 Å². The predicted molar refractivity (Wildman–Crippen MR) is 73.7 cm³/mol. The molecule has 0 saturated carbocycles. The summed E-state index contributed by atoms with van der Waals surface area (Å²) in [6, 6.07) is 0. The van der Waals surface area contributed by atoms with Gasteiger partial charge in [-0.2, -0.15) is 0 Å². The Labute approximate surface area is 115 Å². The molecule has 0 amide bonds. The Morgan fingerprint density at radius 2 is 1.58 bits per heavy atom. The first-order valence-corrected chi connectivity index (χ1v) is 7.38. The Hall–Kier alpha value is -0.200. The number of hydrogen-bond acceptors (Lipinski definition) is 5. The first-order chi connectivity index (χ1) is 8.95. The van der Waals surface area contributed by atoms with Crippen molar-refractivity contribution in [2.24, 2.45) is 11.8 Å². The zero-order chi connectivity index (χ0) is 14.4. The summed E-state index contributed by atoms with van der Waals surface area (Å²) in [6.45, 7) is 5.85. The molecule has 1 aliphatic heterocycles. The van der Waals surface area contributed by atoms with Crippen molar-refractivity contribution in [2.75, 3.05) is 13.1 Å². The summed E-state index contributed by atoms with van der Waals surface area (Å²) in [5.74, 6) is 0.890. The molecule has 5 N–H and O–H groups in total. The lowest BCUT2D eigenvalue weighted by molar-refractivity contribution is -0.0548. The van der Waals surface area contributed by atoms with Crippen LogP contribution in [0.5, 0.6) is 0 Å². The van der Waals surface area contributed by atoms with Crippen LogP contribution in [0.15, 0.2) is 0 Å². The van der Waals surface area contributed by atoms with E-state index in [4.69, 9.17) is 0 Å². The molecule has 114 valence electrons. The molecule has 0 bridgehead atoms. The van der Waals surface area contributed by atoms with Gasteiger partial charge < -0.3 is 25.7 Å². The molecule has 1 unspecified atom stereocenters. The second-order valence-corrected chi connectivity index (χ2v) is 5.88. The van der Waals surface area contributed by atoms with Crippen molar-refractivity contribution in [3.8, 4) is 0 Å². The second-order valence-electron chi connectivity index (χ2n) is 5.88. The lowest BCUT2D eigenvalue weighted by Crippen LogP contribution is -2.36.